The summed E-state index contributed by atoms with van der Waals surface area (Å²) in [5.41, 5.74) is 0. The molecule has 0 saturated carbocycles. The zero-order valence-electron chi connectivity index (χ0n) is 11.9. The van der Waals surface area contributed by atoms with E-state index in [1.807, 2.05) is 0 Å². The van der Waals surface area contributed by atoms with Crippen LogP contribution in [0.2, 0.25) is 0 Å². The van der Waals surface area contributed by atoms with Crippen LogP contribution in [0, 0.1) is 11.8 Å². The highest BCUT2D eigenvalue weighted by molar-refractivity contribution is 7.86. The maximum atomic E-state index is 12.5. The van der Waals surface area contributed by atoms with E-state index >= 15 is 0 Å². The quantitative estimate of drug-likeness (QED) is 0.702. The number of rotatable bonds is 4. The minimum Gasteiger partial charge on any atom is -0.481 e. The molecule has 1 unspecified atom stereocenters. The summed E-state index contributed by atoms with van der Waals surface area (Å²) in [6.45, 7) is 0.839. The molecular formula is C12H20N2O6S. The van der Waals surface area contributed by atoms with Crippen LogP contribution in [0.5, 0.6) is 0 Å². The van der Waals surface area contributed by atoms with Crippen LogP contribution >= 0.6 is 0 Å². The molecule has 0 radical (unpaired) electrons. The Bertz CT molecular complexity index is 512. The molecule has 120 valence electrons. The van der Waals surface area contributed by atoms with Gasteiger partial charge >= 0.3 is 11.9 Å². The summed E-state index contributed by atoms with van der Waals surface area (Å²) in [6, 6.07) is 0. The first-order valence-corrected chi connectivity index (χ1v) is 8.31. The highest BCUT2D eigenvalue weighted by Crippen LogP contribution is 2.26. The largest absolute Gasteiger partial charge is 0.481 e. The van der Waals surface area contributed by atoms with Gasteiger partial charge in [-0.2, -0.15) is 17.0 Å². The lowest BCUT2D eigenvalue weighted by atomic mass is 9.99. The summed E-state index contributed by atoms with van der Waals surface area (Å²) in [5.74, 6) is -2.16. The SMILES string of the molecule is COC(=O)C1CCN(S(=O)(=O)N2CCC(C(=O)O)CC2)C1. The standard InChI is InChI=1S/C12H20N2O6S/c1-20-12(17)10-4-7-14(8-10)21(18,19)13-5-2-9(3-6-13)11(15)16/h9-10H,2-8H2,1H3,(H,15,16). The van der Waals surface area contributed by atoms with Crippen LogP contribution in [-0.4, -0.2) is 67.4 Å². The number of methoxy groups -OCH3 is 1. The van der Waals surface area contributed by atoms with E-state index in [4.69, 9.17) is 5.11 Å². The molecule has 2 heterocycles. The Hall–Kier alpha value is -1.19. The molecule has 21 heavy (non-hydrogen) atoms. The van der Waals surface area contributed by atoms with E-state index in [9.17, 15) is 18.0 Å². The summed E-state index contributed by atoms with van der Waals surface area (Å²) >= 11 is 0. The lowest BCUT2D eigenvalue weighted by Gasteiger charge is -2.32. The first-order chi connectivity index (χ1) is 9.86. The smallest absolute Gasteiger partial charge is 0.310 e. The monoisotopic (exact) mass is 320 g/mol. The number of piperidine rings is 1. The third-order valence-corrected chi connectivity index (χ3v) is 6.14. The molecule has 0 amide bonds. The van der Waals surface area contributed by atoms with E-state index in [2.05, 4.69) is 4.74 Å². The van der Waals surface area contributed by atoms with E-state index in [0.29, 0.717) is 25.8 Å². The minimum atomic E-state index is -3.62. The number of carboxylic acid groups (broad SMARTS) is 1. The molecule has 2 saturated heterocycles. The number of hydrogen-bond donors (Lipinski definition) is 1. The molecule has 0 aliphatic carbocycles. The van der Waals surface area contributed by atoms with Crippen LogP contribution in [0.3, 0.4) is 0 Å². The van der Waals surface area contributed by atoms with Crippen molar-refractivity contribution in [3.05, 3.63) is 0 Å². The molecule has 2 aliphatic rings. The van der Waals surface area contributed by atoms with Crippen LogP contribution < -0.4 is 0 Å². The van der Waals surface area contributed by atoms with E-state index in [1.165, 1.54) is 15.7 Å². The van der Waals surface area contributed by atoms with Crippen LogP contribution in [-0.2, 0) is 24.5 Å². The Morgan fingerprint density at radius 1 is 1.05 bits per heavy atom. The predicted octanol–water partition coefficient (Wildman–Crippen LogP) is -0.477. The van der Waals surface area contributed by atoms with Gasteiger partial charge in [-0.15, -0.1) is 0 Å². The fraction of sp³-hybridized carbons (Fsp3) is 0.833. The molecule has 1 atom stereocenters. The molecular weight excluding hydrogens is 300 g/mol. The van der Waals surface area contributed by atoms with Crippen LogP contribution in [0.25, 0.3) is 0 Å². The van der Waals surface area contributed by atoms with Crippen molar-refractivity contribution >= 4 is 22.1 Å². The minimum absolute atomic E-state index is 0.133. The van der Waals surface area contributed by atoms with E-state index < -0.39 is 34.0 Å². The Morgan fingerprint density at radius 3 is 2.10 bits per heavy atom. The van der Waals surface area contributed by atoms with Crippen molar-refractivity contribution in [3.8, 4) is 0 Å². The van der Waals surface area contributed by atoms with Gasteiger partial charge in [-0.05, 0) is 19.3 Å². The fourth-order valence-corrected chi connectivity index (χ4v) is 4.50. The molecule has 0 aromatic heterocycles. The van der Waals surface area contributed by atoms with Crippen LogP contribution in [0.15, 0.2) is 0 Å². The van der Waals surface area contributed by atoms with Crippen molar-refractivity contribution in [2.75, 3.05) is 33.3 Å². The lowest BCUT2D eigenvalue weighted by Crippen LogP contribution is -2.47. The number of carbonyl (C=O) groups is 2. The maximum absolute atomic E-state index is 12.5. The predicted molar refractivity (Wildman–Crippen MR) is 72.5 cm³/mol. The summed E-state index contributed by atoms with van der Waals surface area (Å²) in [6.07, 6.45) is 1.10. The highest BCUT2D eigenvalue weighted by Gasteiger charge is 2.40. The second-order valence-electron chi connectivity index (χ2n) is 5.39. The first kappa shape index (κ1) is 16.2. The molecule has 2 aliphatic heterocycles. The normalized spacial score (nSPS) is 25.9. The topological polar surface area (TPSA) is 104 Å². The third kappa shape index (κ3) is 3.35. The van der Waals surface area contributed by atoms with Gasteiger partial charge in [0, 0.05) is 26.2 Å². The van der Waals surface area contributed by atoms with Crippen LogP contribution in [0.1, 0.15) is 19.3 Å². The van der Waals surface area contributed by atoms with Crippen molar-refractivity contribution < 1.29 is 27.9 Å². The number of aliphatic carboxylic acids is 1. The molecule has 0 bridgehead atoms. The fourth-order valence-electron chi connectivity index (χ4n) is 2.79. The van der Waals surface area contributed by atoms with Gasteiger partial charge in [0.1, 0.15) is 0 Å². The number of carbonyl (C=O) groups excluding carboxylic acids is 1. The van der Waals surface area contributed by atoms with E-state index in [0.717, 1.165) is 0 Å². The van der Waals surface area contributed by atoms with Crippen molar-refractivity contribution in [1.82, 2.24) is 8.61 Å². The number of esters is 1. The van der Waals surface area contributed by atoms with Gasteiger partial charge in [-0.1, -0.05) is 0 Å². The zero-order valence-corrected chi connectivity index (χ0v) is 12.7. The Balaban J connectivity index is 1.97. The van der Waals surface area contributed by atoms with Crippen molar-refractivity contribution in [3.63, 3.8) is 0 Å². The molecule has 0 aromatic rings. The molecule has 0 spiro atoms. The van der Waals surface area contributed by atoms with Gasteiger partial charge in [-0.3, -0.25) is 9.59 Å². The second kappa shape index (κ2) is 6.29. The van der Waals surface area contributed by atoms with E-state index in [-0.39, 0.29) is 19.6 Å². The third-order valence-electron chi connectivity index (χ3n) is 4.14. The number of carboxylic acids is 1. The number of nitrogens with zero attached hydrogens (tertiary/aromatic N) is 2. The molecule has 8 nitrogen and oxygen atoms in total. The zero-order chi connectivity index (χ0) is 15.6. The maximum Gasteiger partial charge on any atom is 0.310 e. The second-order valence-corrected chi connectivity index (χ2v) is 7.31. The van der Waals surface area contributed by atoms with Crippen molar-refractivity contribution in [2.45, 2.75) is 19.3 Å². The summed E-state index contributed by atoms with van der Waals surface area (Å²) in [5, 5.41) is 8.93. The van der Waals surface area contributed by atoms with Crippen molar-refractivity contribution in [2.24, 2.45) is 11.8 Å². The lowest BCUT2D eigenvalue weighted by molar-refractivity contribution is -0.145. The van der Waals surface area contributed by atoms with Crippen molar-refractivity contribution in [1.29, 1.82) is 0 Å². The van der Waals surface area contributed by atoms with Gasteiger partial charge in [0.15, 0.2) is 0 Å². The van der Waals surface area contributed by atoms with Gasteiger partial charge in [0.2, 0.25) is 0 Å². The van der Waals surface area contributed by atoms with Gasteiger partial charge < -0.3 is 9.84 Å². The molecule has 9 heteroatoms. The summed E-state index contributed by atoms with van der Waals surface area (Å²) in [4.78, 5) is 22.3. The van der Waals surface area contributed by atoms with Crippen LogP contribution in [0.4, 0.5) is 0 Å². The van der Waals surface area contributed by atoms with Gasteiger partial charge in [0.25, 0.3) is 10.2 Å². The van der Waals surface area contributed by atoms with Gasteiger partial charge in [0.05, 0.1) is 18.9 Å². The molecule has 0 aromatic carbocycles. The number of hydrogen-bond acceptors (Lipinski definition) is 5. The summed E-state index contributed by atoms with van der Waals surface area (Å²) in [7, 11) is -2.33. The highest BCUT2D eigenvalue weighted by atomic mass is 32.2. The first-order valence-electron chi connectivity index (χ1n) is 6.92. The number of ether oxygens (including phenoxy) is 1. The summed E-state index contributed by atoms with van der Waals surface area (Å²) < 4.78 is 32.2. The van der Waals surface area contributed by atoms with Gasteiger partial charge in [-0.25, -0.2) is 0 Å². The average Bonchev–Trinajstić information content (AvgIpc) is 2.97. The Morgan fingerprint density at radius 2 is 1.57 bits per heavy atom. The molecule has 1 N–H and O–H groups in total. The van der Waals surface area contributed by atoms with E-state index in [1.54, 1.807) is 0 Å². The Kier molecular flexibility index (Phi) is 4.84. The Labute approximate surface area is 123 Å². The molecule has 2 rings (SSSR count). The average molecular weight is 320 g/mol. The molecule has 2 fully saturated rings.